The SMILES string of the molecule is N=C(N)SCCn1cc2cnc(SC(=N)N)nc2n1. The van der Waals surface area contributed by atoms with Crippen molar-refractivity contribution in [2.24, 2.45) is 11.5 Å². The molecule has 0 aliphatic carbocycles. The predicted octanol–water partition coefficient (Wildman–Crippen LogP) is 0.439. The molecule has 8 nitrogen and oxygen atoms in total. The van der Waals surface area contributed by atoms with Gasteiger partial charge in [0.1, 0.15) is 0 Å². The fourth-order valence-electron chi connectivity index (χ4n) is 1.36. The van der Waals surface area contributed by atoms with Gasteiger partial charge in [-0.2, -0.15) is 5.10 Å². The van der Waals surface area contributed by atoms with E-state index in [-0.39, 0.29) is 10.3 Å². The van der Waals surface area contributed by atoms with Crippen LogP contribution in [0, 0.1) is 10.8 Å². The lowest BCUT2D eigenvalue weighted by Gasteiger charge is -1.98. The molecule has 0 radical (unpaired) electrons. The smallest absolute Gasteiger partial charge is 0.197 e. The summed E-state index contributed by atoms with van der Waals surface area (Å²) in [5, 5.41) is 19.8. The zero-order valence-electron chi connectivity index (χ0n) is 9.83. The Kier molecular flexibility index (Phi) is 4.22. The van der Waals surface area contributed by atoms with Gasteiger partial charge in [0.15, 0.2) is 21.1 Å². The molecule has 10 heteroatoms. The quantitative estimate of drug-likeness (QED) is 0.277. The number of aryl methyl sites for hydroxylation is 1. The van der Waals surface area contributed by atoms with Gasteiger partial charge in [-0.15, -0.1) is 0 Å². The third-order valence-corrected chi connectivity index (χ3v) is 3.36. The van der Waals surface area contributed by atoms with Gasteiger partial charge in [-0.25, -0.2) is 9.97 Å². The van der Waals surface area contributed by atoms with Crippen LogP contribution in [0.15, 0.2) is 17.6 Å². The first kappa shape index (κ1) is 13.6. The Morgan fingerprint density at radius 1 is 1.32 bits per heavy atom. The maximum Gasteiger partial charge on any atom is 0.197 e. The first-order valence-electron chi connectivity index (χ1n) is 5.23. The van der Waals surface area contributed by atoms with Crippen LogP contribution in [0.5, 0.6) is 0 Å². The van der Waals surface area contributed by atoms with Crippen molar-refractivity contribution in [1.29, 1.82) is 10.8 Å². The fourth-order valence-corrected chi connectivity index (χ4v) is 2.29. The molecule has 0 spiro atoms. The summed E-state index contributed by atoms with van der Waals surface area (Å²) in [5.41, 5.74) is 11.1. The van der Waals surface area contributed by atoms with E-state index in [1.165, 1.54) is 11.8 Å². The second-order valence-electron chi connectivity index (χ2n) is 3.50. The molecule has 19 heavy (non-hydrogen) atoms. The number of amidine groups is 2. The average Bonchev–Trinajstić information content (AvgIpc) is 2.69. The number of thioether (sulfide) groups is 2. The Morgan fingerprint density at radius 3 is 2.79 bits per heavy atom. The van der Waals surface area contributed by atoms with Crippen molar-refractivity contribution >= 4 is 44.9 Å². The standard InChI is InChI=1S/C9H12N8S2/c10-7(11)18-2-1-17-4-5-3-14-9(19-8(12)13)15-6(5)16-17/h3-4H,1-2H2,(H3,10,11)(H3,12,13). The Hall–Kier alpha value is -1.81. The van der Waals surface area contributed by atoms with Crippen molar-refractivity contribution in [2.45, 2.75) is 11.7 Å². The van der Waals surface area contributed by atoms with Gasteiger partial charge in [0, 0.05) is 18.1 Å². The minimum Gasteiger partial charge on any atom is -0.379 e. The number of nitrogens with one attached hydrogen (secondary N) is 2. The summed E-state index contributed by atoms with van der Waals surface area (Å²) < 4.78 is 1.73. The fraction of sp³-hybridized carbons (Fsp3) is 0.222. The van der Waals surface area contributed by atoms with Gasteiger partial charge < -0.3 is 11.5 Å². The number of fused-ring (bicyclic) bond motifs is 1. The summed E-state index contributed by atoms with van der Waals surface area (Å²) in [6.45, 7) is 0.635. The lowest BCUT2D eigenvalue weighted by atomic mass is 10.4. The van der Waals surface area contributed by atoms with Crippen molar-refractivity contribution in [1.82, 2.24) is 19.7 Å². The molecule has 0 saturated heterocycles. The molecule has 2 heterocycles. The van der Waals surface area contributed by atoms with Crippen LogP contribution in [0.2, 0.25) is 0 Å². The maximum absolute atomic E-state index is 7.18. The molecule has 0 aliphatic heterocycles. The van der Waals surface area contributed by atoms with Crippen molar-refractivity contribution in [3.63, 3.8) is 0 Å². The summed E-state index contributed by atoms with van der Waals surface area (Å²) in [4.78, 5) is 8.29. The van der Waals surface area contributed by atoms with Crippen LogP contribution in [-0.4, -0.2) is 35.8 Å². The molecule has 6 N–H and O–H groups in total. The van der Waals surface area contributed by atoms with Crippen LogP contribution in [0.3, 0.4) is 0 Å². The molecule has 0 bridgehead atoms. The van der Waals surface area contributed by atoms with E-state index < -0.39 is 0 Å². The molecule has 100 valence electrons. The molecular weight excluding hydrogens is 284 g/mol. The molecule has 0 aromatic carbocycles. The summed E-state index contributed by atoms with van der Waals surface area (Å²) in [7, 11) is 0. The van der Waals surface area contributed by atoms with Crippen LogP contribution in [0.4, 0.5) is 0 Å². The molecule has 2 aromatic heterocycles. The highest BCUT2D eigenvalue weighted by molar-refractivity contribution is 8.13. The Bertz CT molecular complexity index is 622. The van der Waals surface area contributed by atoms with E-state index in [0.29, 0.717) is 23.1 Å². The van der Waals surface area contributed by atoms with Crippen molar-refractivity contribution in [2.75, 3.05) is 5.75 Å². The van der Waals surface area contributed by atoms with Crippen LogP contribution in [0.25, 0.3) is 11.0 Å². The Morgan fingerprint density at radius 2 is 2.11 bits per heavy atom. The number of hydrogen-bond donors (Lipinski definition) is 4. The van der Waals surface area contributed by atoms with Gasteiger partial charge >= 0.3 is 0 Å². The van der Waals surface area contributed by atoms with E-state index in [0.717, 1.165) is 17.1 Å². The van der Waals surface area contributed by atoms with Gasteiger partial charge in [-0.3, -0.25) is 15.5 Å². The minimum atomic E-state index is -0.0587. The average molecular weight is 296 g/mol. The summed E-state index contributed by atoms with van der Waals surface area (Å²) in [6.07, 6.45) is 3.48. The Balaban J connectivity index is 2.11. The minimum absolute atomic E-state index is 0.0587. The van der Waals surface area contributed by atoms with E-state index in [9.17, 15) is 0 Å². The molecule has 0 saturated carbocycles. The van der Waals surface area contributed by atoms with Crippen molar-refractivity contribution in [3.8, 4) is 0 Å². The number of hydrogen-bond acceptors (Lipinski definition) is 7. The van der Waals surface area contributed by atoms with Gasteiger partial charge in [-0.1, -0.05) is 11.8 Å². The zero-order chi connectivity index (χ0) is 13.8. The molecule has 2 aromatic rings. The summed E-state index contributed by atoms with van der Waals surface area (Å²) >= 11 is 2.25. The van der Waals surface area contributed by atoms with Gasteiger partial charge in [0.05, 0.1) is 11.9 Å². The summed E-state index contributed by atoms with van der Waals surface area (Å²) in [5.74, 6) is 0.672. The zero-order valence-corrected chi connectivity index (χ0v) is 11.5. The third kappa shape index (κ3) is 3.83. The van der Waals surface area contributed by atoms with E-state index in [4.69, 9.17) is 22.3 Å². The highest BCUT2D eigenvalue weighted by Crippen LogP contribution is 2.15. The van der Waals surface area contributed by atoms with Crippen molar-refractivity contribution < 1.29 is 0 Å². The molecule has 0 fully saturated rings. The molecule has 0 amide bonds. The normalized spacial score (nSPS) is 10.7. The number of nitrogens with zero attached hydrogens (tertiary/aromatic N) is 4. The number of nitrogens with two attached hydrogens (primary N) is 2. The van der Waals surface area contributed by atoms with E-state index in [2.05, 4.69) is 15.1 Å². The van der Waals surface area contributed by atoms with E-state index >= 15 is 0 Å². The van der Waals surface area contributed by atoms with Crippen molar-refractivity contribution in [3.05, 3.63) is 12.4 Å². The molecule has 0 unspecified atom stereocenters. The van der Waals surface area contributed by atoms with Gasteiger partial charge in [0.2, 0.25) is 0 Å². The third-order valence-electron chi connectivity index (χ3n) is 2.06. The van der Waals surface area contributed by atoms with Gasteiger partial charge in [-0.05, 0) is 11.8 Å². The monoisotopic (exact) mass is 296 g/mol. The molecule has 2 rings (SSSR count). The molecular formula is C9H12N8S2. The topological polar surface area (TPSA) is 143 Å². The Labute approximate surface area is 117 Å². The molecule has 0 aliphatic rings. The second-order valence-corrected chi connectivity index (χ2v) is 5.65. The predicted molar refractivity (Wildman–Crippen MR) is 77.5 cm³/mol. The first-order chi connectivity index (χ1) is 9.04. The van der Waals surface area contributed by atoms with E-state index in [1.54, 1.807) is 10.9 Å². The first-order valence-corrected chi connectivity index (χ1v) is 7.03. The maximum atomic E-state index is 7.18. The largest absolute Gasteiger partial charge is 0.379 e. The highest BCUT2D eigenvalue weighted by atomic mass is 32.2. The summed E-state index contributed by atoms with van der Waals surface area (Å²) in [6, 6.07) is 0. The highest BCUT2D eigenvalue weighted by Gasteiger charge is 2.06. The lowest BCUT2D eigenvalue weighted by molar-refractivity contribution is 0.672. The van der Waals surface area contributed by atoms with Crippen LogP contribution in [-0.2, 0) is 6.54 Å². The second kappa shape index (κ2) is 5.89. The number of rotatable bonds is 4. The lowest BCUT2D eigenvalue weighted by Crippen LogP contribution is -2.08. The van der Waals surface area contributed by atoms with Crippen LogP contribution >= 0.6 is 23.5 Å². The van der Waals surface area contributed by atoms with E-state index in [1.807, 2.05) is 6.20 Å². The number of aromatic nitrogens is 4. The van der Waals surface area contributed by atoms with Crippen LogP contribution < -0.4 is 11.5 Å². The molecule has 0 atom stereocenters. The van der Waals surface area contributed by atoms with Crippen LogP contribution in [0.1, 0.15) is 0 Å². The van der Waals surface area contributed by atoms with Gasteiger partial charge in [0.25, 0.3) is 0 Å².